The van der Waals surface area contributed by atoms with Gasteiger partial charge in [0, 0.05) is 5.88 Å². The Morgan fingerprint density at radius 1 is 1.25 bits per heavy atom. The van der Waals surface area contributed by atoms with E-state index >= 15 is 0 Å². The minimum absolute atomic E-state index is 0.823. The van der Waals surface area contributed by atoms with E-state index in [9.17, 15) is 0 Å². The molecule has 8 heavy (non-hydrogen) atoms. The quantitative estimate of drug-likeness (QED) is 0.400. The highest BCUT2D eigenvalue weighted by atomic mass is 35.5. The molecule has 0 N–H and O–H groups in total. The van der Waals surface area contributed by atoms with E-state index < -0.39 is 0 Å². The lowest BCUT2D eigenvalue weighted by Crippen LogP contribution is -1.77. The molecule has 0 unspecified atom stereocenters. The highest BCUT2D eigenvalue weighted by molar-refractivity contribution is 6.17. The summed E-state index contributed by atoms with van der Waals surface area (Å²) in [6.07, 6.45) is 7.22. The molecule has 0 atom stereocenters. The molecule has 0 rings (SSSR count). The number of hydrogen-bond donors (Lipinski definition) is 0. The van der Waals surface area contributed by atoms with Gasteiger partial charge in [0.15, 0.2) is 0 Å². The van der Waals surface area contributed by atoms with Crippen molar-refractivity contribution in [3.8, 4) is 0 Å². The molecule has 0 aliphatic heterocycles. The normalized spacial score (nSPS) is 9.75. The molecular weight excluding hydrogens is 120 g/mol. The Balaban J connectivity index is 2.53. The topological polar surface area (TPSA) is 0 Å². The van der Waals surface area contributed by atoms with Gasteiger partial charge in [-0.1, -0.05) is 26.2 Å². The number of unbranched alkanes of at least 4 members (excludes halogenated alkanes) is 4. The Kier molecular flexibility index (Phi) is 7.55. The molecular formula is C7H14Cl. The average Bonchev–Trinajstić information content (AvgIpc) is 1.81. The molecule has 0 fully saturated rings. The summed E-state index contributed by atoms with van der Waals surface area (Å²) in [5.41, 5.74) is 0. The molecule has 0 heterocycles. The van der Waals surface area contributed by atoms with Crippen LogP contribution in [0, 0.1) is 6.42 Å². The fourth-order valence-corrected chi connectivity index (χ4v) is 0.809. The van der Waals surface area contributed by atoms with Crippen LogP contribution < -0.4 is 0 Å². The van der Waals surface area contributed by atoms with Crippen LogP contribution in [0.4, 0.5) is 0 Å². The van der Waals surface area contributed by atoms with Crippen molar-refractivity contribution in [3.63, 3.8) is 0 Å². The molecule has 0 aliphatic rings. The Morgan fingerprint density at radius 2 is 2.00 bits per heavy atom. The molecule has 0 aliphatic carbocycles. The predicted octanol–water partition coefficient (Wildman–Crippen LogP) is 3.01. The number of hydrogen-bond acceptors (Lipinski definition) is 0. The second-order valence-electron chi connectivity index (χ2n) is 1.95. The predicted molar refractivity (Wildman–Crippen MR) is 39.2 cm³/mol. The summed E-state index contributed by atoms with van der Waals surface area (Å²) in [7, 11) is 0. The lowest BCUT2D eigenvalue weighted by atomic mass is 10.2. The molecule has 0 aromatic heterocycles. The Morgan fingerprint density at radius 3 is 2.50 bits per heavy atom. The summed E-state index contributed by atoms with van der Waals surface area (Å²) < 4.78 is 0. The molecule has 0 aromatic carbocycles. The lowest BCUT2D eigenvalue weighted by molar-refractivity contribution is 0.714. The maximum Gasteiger partial charge on any atom is 0.0223 e. The molecule has 0 spiro atoms. The van der Waals surface area contributed by atoms with Crippen molar-refractivity contribution in [1.29, 1.82) is 0 Å². The highest BCUT2D eigenvalue weighted by Crippen LogP contribution is 2.01. The molecule has 0 saturated heterocycles. The van der Waals surface area contributed by atoms with Gasteiger partial charge >= 0.3 is 0 Å². The zero-order chi connectivity index (χ0) is 6.24. The van der Waals surface area contributed by atoms with Crippen molar-refractivity contribution in [1.82, 2.24) is 0 Å². The number of alkyl halides is 1. The van der Waals surface area contributed by atoms with Crippen LogP contribution in [-0.4, -0.2) is 5.88 Å². The maximum atomic E-state index is 5.47. The molecule has 1 radical (unpaired) electrons. The van der Waals surface area contributed by atoms with Crippen LogP contribution in [0.3, 0.4) is 0 Å². The highest BCUT2D eigenvalue weighted by Gasteiger charge is 1.84. The summed E-state index contributed by atoms with van der Waals surface area (Å²) in [4.78, 5) is 0. The first-order chi connectivity index (χ1) is 3.91. The third-order valence-corrected chi connectivity index (χ3v) is 1.39. The molecule has 0 amide bonds. The second-order valence-corrected chi connectivity index (χ2v) is 2.32. The number of rotatable bonds is 5. The van der Waals surface area contributed by atoms with Gasteiger partial charge in [0.25, 0.3) is 0 Å². The standard InChI is InChI=1S/C7H14Cl/c1-2-3-4-5-6-7-8/h2H,3-7H2,1H3. The second kappa shape index (κ2) is 7.29. The van der Waals surface area contributed by atoms with E-state index in [2.05, 4.69) is 13.3 Å². The van der Waals surface area contributed by atoms with Crippen LogP contribution in [0.15, 0.2) is 0 Å². The zero-order valence-electron chi connectivity index (χ0n) is 5.49. The Bertz CT molecular complexity index is 29.4. The van der Waals surface area contributed by atoms with Gasteiger partial charge in [-0.05, 0) is 12.8 Å². The van der Waals surface area contributed by atoms with Gasteiger partial charge in [-0.2, -0.15) is 0 Å². The Labute approximate surface area is 57.2 Å². The van der Waals surface area contributed by atoms with Crippen LogP contribution in [0.2, 0.25) is 0 Å². The SMILES string of the molecule is C[CH]CCCCCCl. The number of halogens is 1. The minimum atomic E-state index is 0.823. The van der Waals surface area contributed by atoms with E-state index in [0.717, 1.165) is 5.88 Å². The minimum Gasteiger partial charge on any atom is -0.127 e. The fourth-order valence-electron chi connectivity index (χ4n) is 0.620. The first-order valence-electron chi connectivity index (χ1n) is 3.25. The molecule has 0 aromatic rings. The van der Waals surface area contributed by atoms with Crippen LogP contribution >= 0.6 is 11.6 Å². The molecule has 0 saturated carbocycles. The van der Waals surface area contributed by atoms with E-state index in [0.29, 0.717) is 0 Å². The van der Waals surface area contributed by atoms with Gasteiger partial charge in [0.1, 0.15) is 0 Å². The first-order valence-corrected chi connectivity index (χ1v) is 3.79. The molecule has 0 nitrogen and oxygen atoms in total. The van der Waals surface area contributed by atoms with Crippen molar-refractivity contribution in [2.24, 2.45) is 0 Å². The van der Waals surface area contributed by atoms with Gasteiger partial charge in [-0.3, -0.25) is 0 Å². The largest absolute Gasteiger partial charge is 0.127 e. The van der Waals surface area contributed by atoms with Crippen molar-refractivity contribution in [3.05, 3.63) is 6.42 Å². The van der Waals surface area contributed by atoms with E-state index in [1.54, 1.807) is 0 Å². The van der Waals surface area contributed by atoms with Crippen LogP contribution in [0.5, 0.6) is 0 Å². The van der Waals surface area contributed by atoms with Crippen molar-refractivity contribution >= 4 is 11.6 Å². The summed E-state index contributed by atoms with van der Waals surface area (Å²) in [5.74, 6) is 0.823. The first kappa shape index (κ1) is 8.29. The van der Waals surface area contributed by atoms with Gasteiger partial charge in [0.05, 0.1) is 0 Å². The zero-order valence-corrected chi connectivity index (χ0v) is 6.25. The van der Waals surface area contributed by atoms with Crippen LogP contribution in [-0.2, 0) is 0 Å². The average molecular weight is 134 g/mol. The van der Waals surface area contributed by atoms with Gasteiger partial charge in [-0.15, -0.1) is 11.6 Å². The van der Waals surface area contributed by atoms with E-state index in [-0.39, 0.29) is 0 Å². The van der Waals surface area contributed by atoms with Crippen LogP contribution in [0.1, 0.15) is 32.6 Å². The third-order valence-electron chi connectivity index (χ3n) is 1.13. The fraction of sp³-hybridized carbons (Fsp3) is 0.857. The van der Waals surface area contributed by atoms with E-state index in [4.69, 9.17) is 11.6 Å². The molecule has 49 valence electrons. The van der Waals surface area contributed by atoms with Crippen molar-refractivity contribution in [2.75, 3.05) is 5.88 Å². The van der Waals surface area contributed by atoms with Crippen molar-refractivity contribution < 1.29 is 0 Å². The monoisotopic (exact) mass is 133 g/mol. The van der Waals surface area contributed by atoms with Crippen LogP contribution in [0.25, 0.3) is 0 Å². The summed E-state index contributed by atoms with van der Waals surface area (Å²) in [6, 6.07) is 0. The maximum absolute atomic E-state index is 5.47. The Hall–Kier alpha value is 0.290. The summed E-state index contributed by atoms with van der Waals surface area (Å²) >= 11 is 5.47. The van der Waals surface area contributed by atoms with Crippen molar-refractivity contribution in [2.45, 2.75) is 32.6 Å². The summed E-state index contributed by atoms with van der Waals surface area (Å²) in [5, 5.41) is 0. The third kappa shape index (κ3) is 6.29. The van der Waals surface area contributed by atoms with Gasteiger partial charge < -0.3 is 0 Å². The molecule has 0 bridgehead atoms. The van der Waals surface area contributed by atoms with E-state index in [1.165, 1.54) is 25.7 Å². The smallest absolute Gasteiger partial charge is 0.0223 e. The molecule has 1 heteroatoms. The van der Waals surface area contributed by atoms with E-state index in [1.807, 2.05) is 0 Å². The van der Waals surface area contributed by atoms with Gasteiger partial charge in [0.2, 0.25) is 0 Å². The van der Waals surface area contributed by atoms with Gasteiger partial charge in [-0.25, -0.2) is 0 Å². The lowest BCUT2D eigenvalue weighted by Gasteiger charge is -1.92. The summed E-state index contributed by atoms with van der Waals surface area (Å²) in [6.45, 7) is 2.10.